The van der Waals surface area contributed by atoms with Gasteiger partial charge in [0.1, 0.15) is 5.71 Å². The van der Waals surface area contributed by atoms with E-state index in [4.69, 9.17) is 23.2 Å². The van der Waals surface area contributed by atoms with Crippen LogP contribution in [0.2, 0.25) is 10.0 Å². The number of hydrazone groups is 1. The molecule has 4 rings (SSSR count). The molecule has 1 aliphatic rings. The molecule has 0 aliphatic carbocycles. The Hall–Kier alpha value is -2.56. The van der Waals surface area contributed by atoms with Gasteiger partial charge in [0.2, 0.25) is 5.78 Å². The van der Waals surface area contributed by atoms with Gasteiger partial charge < -0.3 is 10.4 Å². The third-order valence-electron chi connectivity index (χ3n) is 4.48. The number of nitrogens with one attached hydrogen (secondary N) is 2. The van der Waals surface area contributed by atoms with E-state index in [-0.39, 0.29) is 11.7 Å². The highest BCUT2D eigenvalue weighted by molar-refractivity contribution is 6.49. The number of hydrogen-bond donors (Lipinski definition) is 2. The second kappa shape index (κ2) is 6.98. The zero-order valence-corrected chi connectivity index (χ0v) is 15.2. The van der Waals surface area contributed by atoms with Gasteiger partial charge in [0, 0.05) is 40.1 Å². The average molecular weight is 384 g/mol. The number of Topliss-reactive ketones (excluding diaryl/α,β-unsaturated/α-hetero) is 1. The molecule has 0 radical (unpaired) electrons. The van der Waals surface area contributed by atoms with Crippen molar-refractivity contribution in [2.24, 2.45) is 5.10 Å². The quantitative estimate of drug-likeness (QED) is 0.628. The van der Waals surface area contributed by atoms with Crippen LogP contribution in [0.25, 0.3) is 11.1 Å². The lowest BCUT2D eigenvalue weighted by Crippen LogP contribution is -2.21. The summed E-state index contributed by atoms with van der Waals surface area (Å²) in [5.41, 5.74) is 6.81. The highest BCUT2D eigenvalue weighted by atomic mass is 35.5. The van der Waals surface area contributed by atoms with Crippen molar-refractivity contribution in [1.29, 1.82) is 0 Å². The molecule has 2 aromatic carbocycles. The molecule has 1 aliphatic heterocycles. The fraction of sp³-hybridized carbons (Fsp3) is 0.100. The minimum absolute atomic E-state index is 0.0962. The molecule has 130 valence electrons. The van der Waals surface area contributed by atoms with Crippen molar-refractivity contribution in [3.63, 3.8) is 0 Å². The van der Waals surface area contributed by atoms with Crippen molar-refractivity contribution in [3.8, 4) is 11.1 Å². The number of rotatable bonds is 4. The van der Waals surface area contributed by atoms with Crippen molar-refractivity contribution >= 4 is 34.7 Å². The molecule has 4 nitrogen and oxygen atoms in total. The number of ketones is 1. The lowest BCUT2D eigenvalue weighted by Gasteiger charge is -2.12. The molecule has 2 heterocycles. The van der Waals surface area contributed by atoms with Crippen molar-refractivity contribution in [3.05, 3.63) is 82.1 Å². The molecule has 2 N–H and O–H groups in total. The minimum Gasteiger partial charge on any atom is -0.366 e. The van der Waals surface area contributed by atoms with Crippen LogP contribution in [0.15, 0.2) is 66.0 Å². The molecule has 0 spiro atoms. The van der Waals surface area contributed by atoms with Gasteiger partial charge in [-0.2, -0.15) is 5.10 Å². The van der Waals surface area contributed by atoms with E-state index in [1.807, 2.05) is 54.7 Å². The number of halogens is 2. The molecule has 1 atom stereocenters. The Morgan fingerprint density at radius 2 is 1.62 bits per heavy atom. The second-order valence-electron chi connectivity index (χ2n) is 6.08. The molecule has 1 unspecified atom stereocenters. The largest absolute Gasteiger partial charge is 0.366 e. The van der Waals surface area contributed by atoms with Crippen molar-refractivity contribution < 1.29 is 4.79 Å². The summed E-state index contributed by atoms with van der Waals surface area (Å²) in [5.74, 6) is -0.200. The number of nitrogens with zero attached hydrogens (tertiary/aromatic N) is 1. The van der Waals surface area contributed by atoms with Gasteiger partial charge in [0.25, 0.3) is 0 Å². The van der Waals surface area contributed by atoms with Crippen LogP contribution in [-0.4, -0.2) is 23.0 Å². The molecule has 0 amide bonds. The van der Waals surface area contributed by atoms with Gasteiger partial charge in [-0.1, -0.05) is 47.5 Å². The van der Waals surface area contributed by atoms with E-state index in [1.54, 1.807) is 6.20 Å². The Morgan fingerprint density at radius 3 is 2.31 bits per heavy atom. The van der Waals surface area contributed by atoms with Crippen LogP contribution in [0.3, 0.4) is 0 Å². The van der Waals surface area contributed by atoms with E-state index in [2.05, 4.69) is 15.5 Å². The van der Waals surface area contributed by atoms with E-state index in [0.29, 0.717) is 27.9 Å². The Labute approximate surface area is 160 Å². The van der Waals surface area contributed by atoms with Crippen molar-refractivity contribution in [2.75, 3.05) is 6.54 Å². The first-order valence-corrected chi connectivity index (χ1v) is 8.92. The predicted octanol–water partition coefficient (Wildman–Crippen LogP) is 4.91. The van der Waals surface area contributed by atoms with Gasteiger partial charge in [0.05, 0.1) is 5.92 Å². The van der Waals surface area contributed by atoms with Crippen LogP contribution in [0.1, 0.15) is 21.8 Å². The lowest BCUT2D eigenvalue weighted by molar-refractivity contribution is 0.106. The van der Waals surface area contributed by atoms with E-state index < -0.39 is 0 Å². The van der Waals surface area contributed by atoms with Crippen LogP contribution < -0.4 is 5.43 Å². The number of carbonyl (C=O) groups excluding carboxylic acids is 1. The van der Waals surface area contributed by atoms with Gasteiger partial charge in [-0.15, -0.1) is 0 Å². The number of aromatic amines is 1. The molecule has 0 saturated heterocycles. The molecular formula is C20H15Cl2N3O. The molecule has 26 heavy (non-hydrogen) atoms. The van der Waals surface area contributed by atoms with E-state index in [0.717, 1.165) is 16.7 Å². The fourth-order valence-electron chi connectivity index (χ4n) is 3.13. The number of aromatic nitrogens is 1. The number of H-pyrrole nitrogens is 1. The van der Waals surface area contributed by atoms with Gasteiger partial charge in [-0.25, -0.2) is 0 Å². The Balaban J connectivity index is 1.67. The zero-order valence-electron chi connectivity index (χ0n) is 13.7. The summed E-state index contributed by atoms with van der Waals surface area (Å²) in [6, 6.07) is 14.9. The Bertz CT molecular complexity index is 975. The highest BCUT2D eigenvalue weighted by Gasteiger charge is 2.31. The summed E-state index contributed by atoms with van der Waals surface area (Å²) in [6.45, 7) is 0.587. The van der Waals surface area contributed by atoms with E-state index in [9.17, 15) is 4.79 Å². The topological polar surface area (TPSA) is 57.2 Å². The molecule has 0 fully saturated rings. The number of benzene rings is 2. The Morgan fingerprint density at radius 1 is 0.962 bits per heavy atom. The maximum absolute atomic E-state index is 13.2. The van der Waals surface area contributed by atoms with Gasteiger partial charge in [-0.05, 0) is 35.4 Å². The SMILES string of the molecule is O=C(C1=NNCC1c1ccc(Cl)cc1)c1c[nH]cc1-c1ccc(Cl)cc1. The first-order valence-electron chi connectivity index (χ1n) is 8.17. The predicted molar refractivity (Wildman–Crippen MR) is 105 cm³/mol. The monoisotopic (exact) mass is 383 g/mol. The number of carbonyl (C=O) groups is 1. The molecule has 0 saturated carbocycles. The smallest absolute Gasteiger partial charge is 0.211 e. The van der Waals surface area contributed by atoms with Gasteiger partial charge in [0.15, 0.2) is 0 Å². The maximum atomic E-state index is 13.2. The summed E-state index contributed by atoms with van der Waals surface area (Å²) in [7, 11) is 0. The third kappa shape index (κ3) is 3.14. The maximum Gasteiger partial charge on any atom is 0.211 e. The van der Waals surface area contributed by atoms with Crippen LogP contribution >= 0.6 is 23.2 Å². The Kier molecular flexibility index (Phi) is 4.53. The van der Waals surface area contributed by atoms with E-state index >= 15 is 0 Å². The van der Waals surface area contributed by atoms with Crippen LogP contribution in [-0.2, 0) is 0 Å². The van der Waals surface area contributed by atoms with Crippen LogP contribution in [0, 0.1) is 0 Å². The zero-order chi connectivity index (χ0) is 18.1. The fourth-order valence-corrected chi connectivity index (χ4v) is 3.39. The van der Waals surface area contributed by atoms with Gasteiger partial charge >= 0.3 is 0 Å². The van der Waals surface area contributed by atoms with Crippen molar-refractivity contribution in [1.82, 2.24) is 10.4 Å². The van der Waals surface area contributed by atoms with Crippen LogP contribution in [0.4, 0.5) is 0 Å². The molecule has 0 bridgehead atoms. The first kappa shape index (κ1) is 16.9. The highest BCUT2D eigenvalue weighted by Crippen LogP contribution is 2.29. The lowest BCUT2D eigenvalue weighted by atomic mass is 9.89. The van der Waals surface area contributed by atoms with Crippen LogP contribution in [0.5, 0.6) is 0 Å². The number of hydrogen-bond acceptors (Lipinski definition) is 3. The summed E-state index contributed by atoms with van der Waals surface area (Å²) < 4.78 is 0. The summed E-state index contributed by atoms with van der Waals surface area (Å²) in [6.07, 6.45) is 3.53. The molecule has 3 aromatic rings. The normalized spacial score (nSPS) is 16.2. The second-order valence-corrected chi connectivity index (χ2v) is 6.95. The summed E-state index contributed by atoms with van der Waals surface area (Å²) >= 11 is 11.9. The first-order chi connectivity index (χ1) is 12.6. The molecule has 6 heteroatoms. The summed E-state index contributed by atoms with van der Waals surface area (Å²) in [4.78, 5) is 16.2. The van der Waals surface area contributed by atoms with Gasteiger partial charge in [-0.3, -0.25) is 4.79 Å². The third-order valence-corrected chi connectivity index (χ3v) is 4.98. The minimum atomic E-state index is -0.104. The average Bonchev–Trinajstić information content (AvgIpc) is 3.32. The molecule has 1 aromatic heterocycles. The summed E-state index contributed by atoms with van der Waals surface area (Å²) in [5, 5.41) is 5.59. The van der Waals surface area contributed by atoms with Crippen molar-refractivity contribution in [2.45, 2.75) is 5.92 Å². The standard InChI is InChI=1S/C20H15Cl2N3O/c21-14-5-1-12(2-6-14)16-9-23-10-18(16)20(26)19-17(11-24-25-19)13-3-7-15(22)8-4-13/h1-10,17,23-24H,11H2. The molecular weight excluding hydrogens is 369 g/mol. The van der Waals surface area contributed by atoms with E-state index in [1.165, 1.54) is 0 Å².